The van der Waals surface area contributed by atoms with E-state index >= 15 is 0 Å². The Kier molecular flexibility index (Phi) is 14.8. The van der Waals surface area contributed by atoms with E-state index in [-0.39, 0.29) is 0 Å². The zero-order valence-electron chi connectivity index (χ0n) is 37.8. The van der Waals surface area contributed by atoms with E-state index in [0.29, 0.717) is 36.7 Å². The summed E-state index contributed by atoms with van der Waals surface area (Å²) in [5, 5.41) is 0. The molecule has 0 heterocycles. The summed E-state index contributed by atoms with van der Waals surface area (Å²) in [4.78, 5) is 39.6. The molecule has 0 unspecified atom stereocenters. The number of aldehydes is 1. The van der Waals surface area contributed by atoms with E-state index in [1.165, 1.54) is 0 Å². The van der Waals surface area contributed by atoms with Gasteiger partial charge < -0.3 is 28.8 Å². The molecule has 0 fully saturated rings. The summed E-state index contributed by atoms with van der Waals surface area (Å²) in [5.41, 5.74) is 12.8. The Bertz CT molecular complexity index is 3000. The van der Waals surface area contributed by atoms with E-state index in [1.807, 2.05) is 67.6 Å². The van der Waals surface area contributed by atoms with Gasteiger partial charge in [0.2, 0.25) is 0 Å². The van der Waals surface area contributed by atoms with Crippen molar-refractivity contribution >= 4 is 52.3 Å². The Morgan fingerprint density at radius 3 is 1.24 bits per heavy atom. The molecule has 0 amide bonds. The number of rotatable bonds is 19. The third-order valence-electron chi connectivity index (χ3n) is 11.3. The highest BCUT2D eigenvalue weighted by molar-refractivity contribution is 5.86. The van der Waals surface area contributed by atoms with Crippen LogP contribution in [0.2, 0.25) is 0 Å². The van der Waals surface area contributed by atoms with Crippen molar-refractivity contribution in [2.24, 2.45) is 0 Å². The molecule has 68 heavy (non-hydrogen) atoms. The van der Waals surface area contributed by atoms with Gasteiger partial charge in [-0.1, -0.05) is 117 Å². The lowest BCUT2D eigenvalue weighted by Gasteiger charge is -2.26. The molecule has 0 saturated carbocycles. The zero-order valence-corrected chi connectivity index (χ0v) is 37.8. The molecular weight excluding hydrogens is 845 g/mol. The molecule has 0 spiro atoms. The molecule has 0 aliphatic heterocycles. The number of benzene rings is 8. The number of carbonyl (C=O) groups is 3. The number of para-hydroxylation sites is 2. The maximum atomic E-state index is 12.0. The molecule has 0 radical (unpaired) electrons. The van der Waals surface area contributed by atoms with Crippen LogP contribution < -0.4 is 24.0 Å². The van der Waals surface area contributed by atoms with E-state index in [4.69, 9.17) is 14.2 Å². The molecule has 336 valence electrons. The van der Waals surface area contributed by atoms with Gasteiger partial charge in [0, 0.05) is 52.7 Å². The number of esters is 2. The summed E-state index contributed by atoms with van der Waals surface area (Å²) in [6.45, 7) is 9.53. The maximum absolute atomic E-state index is 12.0. The van der Waals surface area contributed by atoms with Gasteiger partial charge in [0.05, 0.1) is 6.61 Å². The molecule has 0 saturated heterocycles. The third-order valence-corrected chi connectivity index (χ3v) is 11.3. The molecule has 8 aromatic carbocycles. The van der Waals surface area contributed by atoms with Crippen LogP contribution in [0.5, 0.6) is 17.2 Å². The minimum atomic E-state index is -0.545. The Labute approximate surface area is 397 Å². The number of carbonyl (C=O) groups excluding carboxylic acids is 3. The van der Waals surface area contributed by atoms with Gasteiger partial charge in [-0.05, 0) is 149 Å². The molecule has 8 rings (SSSR count). The molecule has 8 heteroatoms. The molecule has 8 aromatic rings. The van der Waals surface area contributed by atoms with E-state index in [2.05, 4.69) is 144 Å². The van der Waals surface area contributed by atoms with Crippen molar-refractivity contribution in [3.63, 3.8) is 0 Å². The van der Waals surface area contributed by atoms with Crippen molar-refractivity contribution in [1.82, 2.24) is 0 Å². The van der Waals surface area contributed by atoms with Crippen molar-refractivity contribution in [3.05, 3.63) is 225 Å². The summed E-state index contributed by atoms with van der Waals surface area (Å²) in [6, 6.07) is 65.7. The van der Waals surface area contributed by atoms with Crippen molar-refractivity contribution < 1.29 is 28.6 Å². The second kappa shape index (κ2) is 22.0. The molecule has 0 bridgehead atoms. The van der Waals surface area contributed by atoms with Gasteiger partial charge >= 0.3 is 11.9 Å². The van der Waals surface area contributed by atoms with Crippen LogP contribution in [0.3, 0.4) is 0 Å². The van der Waals surface area contributed by atoms with E-state index in [0.717, 1.165) is 97.9 Å². The van der Waals surface area contributed by atoms with E-state index in [9.17, 15) is 14.4 Å². The normalized spacial score (nSPS) is 10.7. The minimum absolute atomic E-state index is 0.315. The van der Waals surface area contributed by atoms with Crippen LogP contribution in [0, 0.1) is 0 Å². The molecular formula is C60H50N2O6. The molecule has 0 aliphatic carbocycles. The Hall–Kier alpha value is -8.75. The molecule has 8 nitrogen and oxygen atoms in total. The lowest BCUT2D eigenvalue weighted by Crippen LogP contribution is -2.10. The van der Waals surface area contributed by atoms with Gasteiger partial charge in [0.25, 0.3) is 0 Å². The predicted octanol–water partition coefficient (Wildman–Crippen LogP) is 14.7. The second-order valence-electron chi connectivity index (χ2n) is 15.8. The van der Waals surface area contributed by atoms with Gasteiger partial charge in [0.15, 0.2) is 11.5 Å². The van der Waals surface area contributed by atoms with E-state index < -0.39 is 11.9 Å². The average Bonchev–Trinajstić information content (AvgIpc) is 3.39. The summed E-state index contributed by atoms with van der Waals surface area (Å²) in [5.74, 6) is 0.199. The smallest absolute Gasteiger partial charge is 0.335 e. The first-order valence-electron chi connectivity index (χ1n) is 22.5. The summed E-state index contributed by atoms with van der Waals surface area (Å²) in [6.07, 6.45) is 4.70. The fourth-order valence-corrected chi connectivity index (χ4v) is 7.93. The van der Waals surface area contributed by atoms with Gasteiger partial charge in [-0.2, -0.15) is 0 Å². The van der Waals surface area contributed by atoms with Crippen LogP contribution in [0.4, 0.5) is 34.1 Å². The first-order chi connectivity index (χ1) is 33.3. The number of anilines is 6. The van der Waals surface area contributed by atoms with Crippen LogP contribution in [0.15, 0.2) is 219 Å². The average molecular weight is 895 g/mol. The Balaban J connectivity index is 1.04. The quantitative estimate of drug-likeness (QED) is 0.0343. The van der Waals surface area contributed by atoms with Crippen molar-refractivity contribution in [2.75, 3.05) is 16.4 Å². The topological polar surface area (TPSA) is 85.4 Å². The SMILES string of the molecule is C=CC(=O)Oc1ccc(-c2ccc(N(c3ccccc3)c3ccc(-c4ccc(N(c5ccccc5)c5ccc(-c6ccc(OC(=O)C=C)c(OCCC)c6)cc5)cc4)cc3)cc2)cc1CCC=O. The van der Waals surface area contributed by atoms with Gasteiger partial charge in [0.1, 0.15) is 12.0 Å². The number of hydrogen-bond donors (Lipinski definition) is 0. The van der Waals surface area contributed by atoms with Crippen molar-refractivity contribution in [3.8, 4) is 50.6 Å². The predicted molar refractivity (Wildman–Crippen MR) is 274 cm³/mol. The molecule has 0 atom stereocenters. The summed E-state index contributed by atoms with van der Waals surface area (Å²) in [7, 11) is 0. The highest BCUT2D eigenvalue weighted by Gasteiger charge is 2.17. The summed E-state index contributed by atoms with van der Waals surface area (Å²) < 4.78 is 16.9. The Morgan fingerprint density at radius 2 is 0.824 bits per heavy atom. The standard InChI is InChI=1S/C60H50N2O6/c1-4-40-66-58-42-48(28-38-57(58)68-60(65)6-3)46-25-35-55(36-26-46)62(51-17-11-8-12-18-51)53-31-21-44(22-32-53)43-19-29-52(30-20-43)61(50-15-9-7-10-16-50)54-33-23-45(24-34-54)47-27-37-56(67-59(64)5-2)49(41-47)14-13-39-63/h5-12,15-39,41-42H,2-4,13-14,40H2,1H3. The minimum Gasteiger partial charge on any atom is -0.490 e. The van der Waals surface area contributed by atoms with Crippen LogP contribution in [-0.4, -0.2) is 24.8 Å². The number of ether oxygens (including phenoxy) is 3. The summed E-state index contributed by atoms with van der Waals surface area (Å²) >= 11 is 0. The Morgan fingerprint density at radius 1 is 0.456 bits per heavy atom. The van der Waals surface area contributed by atoms with Crippen LogP contribution in [0.1, 0.15) is 25.3 Å². The first kappa shape index (κ1) is 45.8. The van der Waals surface area contributed by atoms with Gasteiger partial charge in [-0.15, -0.1) is 0 Å². The molecule has 0 aromatic heterocycles. The van der Waals surface area contributed by atoms with Crippen molar-refractivity contribution in [1.29, 1.82) is 0 Å². The van der Waals surface area contributed by atoms with Crippen LogP contribution in [0.25, 0.3) is 33.4 Å². The third kappa shape index (κ3) is 10.8. The lowest BCUT2D eigenvalue weighted by molar-refractivity contribution is -0.129. The van der Waals surface area contributed by atoms with Crippen LogP contribution >= 0.6 is 0 Å². The zero-order chi connectivity index (χ0) is 47.2. The van der Waals surface area contributed by atoms with Crippen LogP contribution in [-0.2, 0) is 20.8 Å². The highest BCUT2D eigenvalue weighted by Crippen LogP contribution is 2.40. The fraction of sp³-hybridized carbons (Fsp3) is 0.0833. The first-order valence-corrected chi connectivity index (χ1v) is 22.5. The van der Waals surface area contributed by atoms with Crippen molar-refractivity contribution in [2.45, 2.75) is 26.2 Å². The molecule has 0 N–H and O–H groups in total. The van der Waals surface area contributed by atoms with Gasteiger partial charge in [-0.25, -0.2) is 9.59 Å². The monoisotopic (exact) mass is 894 g/mol. The highest BCUT2D eigenvalue weighted by atomic mass is 16.6. The van der Waals surface area contributed by atoms with E-state index in [1.54, 1.807) is 12.1 Å². The fourth-order valence-electron chi connectivity index (χ4n) is 7.93. The lowest BCUT2D eigenvalue weighted by atomic mass is 9.99. The second-order valence-corrected chi connectivity index (χ2v) is 15.8. The number of aryl methyl sites for hydroxylation is 1. The number of hydrogen-bond acceptors (Lipinski definition) is 8. The van der Waals surface area contributed by atoms with Gasteiger partial charge in [-0.3, -0.25) is 0 Å². The molecule has 0 aliphatic rings. The maximum Gasteiger partial charge on any atom is 0.335 e. The number of nitrogens with zero attached hydrogens (tertiary/aromatic N) is 2. The largest absolute Gasteiger partial charge is 0.490 e.